The van der Waals surface area contributed by atoms with Gasteiger partial charge in [-0.3, -0.25) is 0 Å². The number of rotatable bonds is 6. The van der Waals surface area contributed by atoms with E-state index in [0.29, 0.717) is 11.6 Å². The lowest BCUT2D eigenvalue weighted by Crippen LogP contribution is -2.38. The Labute approximate surface area is 107 Å². The molecule has 0 fully saturated rings. The van der Waals surface area contributed by atoms with Crippen molar-refractivity contribution in [3.63, 3.8) is 0 Å². The topological polar surface area (TPSA) is 52.5 Å². The summed E-state index contributed by atoms with van der Waals surface area (Å²) in [6.07, 6.45) is -0.214. The quantitative estimate of drug-likeness (QED) is 0.732. The van der Waals surface area contributed by atoms with Crippen LogP contribution in [-0.2, 0) is 0 Å². The Morgan fingerprint density at radius 1 is 1.24 bits per heavy atom. The molecule has 0 bridgehead atoms. The van der Waals surface area contributed by atoms with Gasteiger partial charge in [-0.1, -0.05) is 30.7 Å². The molecule has 0 aliphatic rings. The number of halogens is 1. The number of hydrogen-bond acceptors (Lipinski definition) is 3. The lowest BCUT2D eigenvalue weighted by atomic mass is 10.0. The van der Waals surface area contributed by atoms with Crippen LogP contribution in [0.1, 0.15) is 31.9 Å². The molecule has 1 aromatic carbocycles. The molecule has 0 saturated carbocycles. The molecule has 1 rings (SSSR count). The van der Waals surface area contributed by atoms with Crippen LogP contribution in [0.4, 0.5) is 0 Å². The fourth-order valence-corrected chi connectivity index (χ4v) is 1.82. The molecular formula is C13H20ClNO2. The van der Waals surface area contributed by atoms with Crippen molar-refractivity contribution in [2.75, 3.05) is 6.54 Å². The smallest absolute Gasteiger partial charge is 0.0942 e. The molecule has 17 heavy (non-hydrogen) atoms. The highest BCUT2D eigenvalue weighted by molar-refractivity contribution is 6.30. The second-order valence-electron chi connectivity index (χ2n) is 4.27. The Bertz CT molecular complexity index is 327. The van der Waals surface area contributed by atoms with E-state index in [2.05, 4.69) is 5.32 Å². The molecule has 1 aromatic rings. The van der Waals surface area contributed by atoms with E-state index in [4.69, 9.17) is 11.6 Å². The molecule has 0 spiro atoms. The highest BCUT2D eigenvalue weighted by atomic mass is 35.5. The van der Waals surface area contributed by atoms with E-state index in [1.54, 1.807) is 19.1 Å². The first-order valence-electron chi connectivity index (χ1n) is 5.89. The standard InChI is InChI=1S/C13H20ClNO2/c1-3-12(15-8-9(2)16)13(17)10-4-6-11(14)7-5-10/h4-7,9,12-13,15-17H,3,8H2,1-2H3. The van der Waals surface area contributed by atoms with Gasteiger partial charge in [-0.05, 0) is 31.0 Å². The average Bonchev–Trinajstić information content (AvgIpc) is 2.30. The van der Waals surface area contributed by atoms with Crippen molar-refractivity contribution in [3.8, 4) is 0 Å². The van der Waals surface area contributed by atoms with Crippen LogP contribution in [0.3, 0.4) is 0 Å². The molecule has 3 atom stereocenters. The molecule has 0 aliphatic heterocycles. The van der Waals surface area contributed by atoms with E-state index in [9.17, 15) is 10.2 Å². The number of aliphatic hydroxyl groups is 2. The molecule has 3 N–H and O–H groups in total. The van der Waals surface area contributed by atoms with E-state index < -0.39 is 12.2 Å². The zero-order valence-electron chi connectivity index (χ0n) is 10.2. The van der Waals surface area contributed by atoms with Gasteiger partial charge < -0.3 is 15.5 Å². The molecule has 0 saturated heterocycles. The SMILES string of the molecule is CCC(NCC(C)O)C(O)c1ccc(Cl)cc1. The lowest BCUT2D eigenvalue weighted by Gasteiger charge is -2.24. The van der Waals surface area contributed by atoms with E-state index in [1.165, 1.54) is 0 Å². The minimum absolute atomic E-state index is 0.0641. The van der Waals surface area contributed by atoms with Crippen LogP contribution in [0, 0.1) is 0 Å². The van der Waals surface area contributed by atoms with Crippen LogP contribution < -0.4 is 5.32 Å². The number of hydrogen-bond donors (Lipinski definition) is 3. The number of nitrogens with one attached hydrogen (secondary N) is 1. The Hall–Kier alpha value is -0.610. The monoisotopic (exact) mass is 257 g/mol. The van der Waals surface area contributed by atoms with E-state index in [0.717, 1.165) is 12.0 Å². The van der Waals surface area contributed by atoms with Crippen molar-refractivity contribution < 1.29 is 10.2 Å². The van der Waals surface area contributed by atoms with Crippen molar-refractivity contribution in [1.82, 2.24) is 5.32 Å². The van der Waals surface area contributed by atoms with Crippen molar-refractivity contribution in [1.29, 1.82) is 0 Å². The van der Waals surface area contributed by atoms with Gasteiger partial charge in [0.15, 0.2) is 0 Å². The summed E-state index contributed by atoms with van der Waals surface area (Å²) in [4.78, 5) is 0. The van der Waals surface area contributed by atoms with Crippen LogP contribution in [0.25, 0.3) is 0 Å². The summed E-state index contributed by atoms with van der Waals surface area (Å²) in [7, 11) is 0. The third kappa shape index (κ3) is 4.64. The van der Waals surface area contributed by atoms with Crippen molar-refractivity contribution in [3.05, 3.63) is 34.9 Å². The van der Waals surface area contributed by atoms with Gasteiger partial charge in [0.05, 0.1) is 12.2 Å². The van der Waals surface area contributed by atoms with Crippen molar-refractivity contribution in [2.45, 2.75) is 38.5 Å². The highest BCUT2D eigenvalue weighted by Crippen LogP contribution is 2.20. The summed E-state index contributed by atoms with van der Waals surface area (Å²) in [6, 6.07) is 7.10. The number of aliphatic hydroxyl groups excluding tert-OH is 2. The van der Waals surface area contributed by atoms with Gasteiger partial charge in [0.2, 0.25) is 0 Å². The van der Waals surface area contributed by atoms with Crippen LogP contribution in [0.15, 0.2) is 24.3 Å². The molecule has 3 nitrogen and oxygen atoms in total. The predicted molar refractivity (Wildman–Crippen MR) is 70.2 cm³/mol. The van der Waals surface area contributed by atoms with Crippen molar-refractivity contribution >= 4 is 11.6 Å². The fraction of sp³-hybridized carbons (Fsp3) is 0.538. The summed E-state index contributed by atoms with van der Waals surface area (Å²) in [5.74, 6) is 0. The average molecular weight is 258 g/mol. The van der Waals surface area contributed by atoms with E-state index in [1.807, 2.05) is 19.1 Å². The molecule has 0 aromatic heterocycles. The third-order valence-corrected chi connectivity index (χ3v) is 2.96. The van der Waals surface area contributed by atoms with Gasteiger partial charge in [0.1, 0.15) is 0 Å². The molecule has 0 heterocycles. The summed E-state index contributed by atoms with van der Waals surface area (Å²) in [6.45, 7) is 4.19. The first-order valence-corrected chi connectivity index (χ1v) is 6.27. The summed E-state index contributed by atoms with van der Waals surface area (Å²) in [5.41, 5.74) is 0.833. The Morgan fingerprint density at radius 3 is 2.29 bits per heavy atom. The molecule has 3 unspecified atom stereocenters. The maximum atomic E-state index is 10.2. The maximum Gasteiger partial charge on any atom is 0.0942 e. The second-order valence-corrected chi connectivity index (χ2v) is 4.70. The summed E-state index contributed by atoms with van der Waals surface area (Å²) < 4.78 is 0. The zero-order chi connectivity index (χ0) is 12.8. The molecule has 0 radical (unpaired) electrons. The molecular weight excluding hydrogens is 238 g/mol. The zero-order valence-corrected chi connectivity index (χ0v) is 11.0. The molecule has 96 valence electrons. The van der Waals surface area contributed by atoms with Gasteiger partial charge in [-0.15, -0.1) is 0 Å². The molecule has 0 aliphatic carbocycles. The van der Waals surface area contributed by atoms with Crippen LogP contribution in [-0.4, -0.2) is 28.9 Å². The van der Waals surface area contributed by atoms with Crippen LogP contribution in [0.2, 0.25) is 5.02 Å². The minimum atomic E-state index is -0.587. The van der Waals surface area contributed by atoms with Gasteiger partial charge in [-0.25, -0.2) is 0 Å². The van der Waals surface area contributed by atoms with E-state index >= 15 is 0 Å². The Balaban J connectivity index is 2.64. The third-order valence-electron chi connectivity index (χ3n) is 2.71. The first-order chi connectivity index (χ1) is 8.04. The fourth-order valence-electron chi connectivity index (χ4n) is 1.69. The summed E-state index contributed by atoms with van der Waals surface area (Å²) >= 11 is 5.80. The highest BCUT2D eigenvalue weighted by Gasteiger charge is 2.18. The predicted octanol–water partition coefficient (Wildman–Crippen LogP) is 2.12. The lowest BCUT2D eigenvalue weighted by molar-refractivity contribution is 0.112. The Morgan fingerprint density at radius 2 is 1.82 bits per heavy atom. The van der Waals surface area contributed by atoms with Crippen LogP contribution >= 0.6 is 11.6 Å². The molecule has 4 heteroatoms. The Kier molecular flexibility index (Phi) is 5.92. The molecule has 0 amide bonds. The van der Waals surface area contributed by atoms with Crippen LogP contribution in [0.5, 0.6) is 0 Å². The van der Waals surface area contributed by atoms with Gasteiger partial charge in [0, 0.05) is 17.6 Å². The normalized spacial score (nSPS) is 16.5. The first kappa shape index (κ1) is 14.5. The van der Waals surface area contributed by atoms with Gasteiger partial charge in [-0.2, -0.15) is 0 Å². The van der Waals surface area contributed by atoms with Gasteiger partial charge >= 0.3 is 0 Å². The maximum absolute atomic E-state index is 10.2. The van der Waals surface area contributed by atoms with Crippen molar-refractivity contribution in [2.24, 2.45) is 0 Å². The van der Waals surface area contributed by atoms with Gasteiger partial charge in [0.25, 0.3) is 0 Å². The second kappa shape index (κ2) is 6.97. The largest absolute Gasteiger partial charge is 0.392 e. The minimum Gasteiger partial charge on any atom is -0.392 e. The number of benzene rings is 1. The summed E-state index contributed by atoms with van der Waals surface area (Å²) in [5, 5.41) is 23.2. The van der Waals surface area contributed by atoms with E-state index in [-0.39, 0.29) is 6.04 Å².